The zero-order chi connectivity index (χ0) is 16.9. The van der Waals surface area contributed by atoms with E-state index in [4.69, 9.17) is 16.3 Å². The van der Waals surface area contributed by atoms with Gasteiger partial charge in [0.05, 0.1) is 24.0 Å². The summed E-state index contributed by atoms with van der Waals surface area (Å²) in [5, 5.41) is 13.9. The topological polar surface area (TPSA) is 72.0 Å². The van der Waals surface area contributed by atoms with E-state index in [0.717, 1.165) is 0 Å². The Morgan fingerprint density at radius 1 is 1.12 bits per heavy atom. The van der Waals surface area contributed by atoms with Gasteiger partial charge in [-0.3, -0.25) is 0 Å². The number of aromatic nitrogens is 3. The minimum absolute atomic E-state index is 0.0226. The highest BCUT2D eigenvalue weighted by Gasteiger charge is 2.07. The minimum atomic E-state index is -0.485. The van der Waals surface area contributed by atoms with Crippen LogP contribution < -0.4 is 15.4 Å². The predicted octanol–water partition coefficient (Wildman–Crippen LogP) is 4.16. The first-order valence-electron chi connectivity index (χ1n) is 6.97. The second kappa shape index (κ2) is 7.10. The van der Waals surface area contributed by atoms with Crippen molar-refractivity contribution in [3.05, 3.63) is 59.5 Å². The molecule has 3 aromatic rings. The van der Waals surface area contributed by atoms with Crippen LogP contribution in [0.2, 0.25) is 5.02 Å². The van der Waals surface area contributed by atoms with E-state index in [1.165, 1.54) is 18.3 Å². The molecule has 6 nitrogen and oxygen atoms in total. The van der Waals surface area contributed by atoms with Crippen LogP contribution in [0.3, 0.4) is 0 Å². The summed E-state index contributed by atoms with van der Waals surface area (Å²) in [7, 11) is 1.58. The summed E-state index contributed by atoms with van der Waals surface area (Å²) >= 11 is 5.76. The molecule has 8 heteroatoms. The molecule has 122 valence electrons. The molecule has 2 N–H and O–H groups in total. The monoisotopic (exact) mass is 345 g/mol. The molecule has 0 bridgehead atoms. The van der Waals surface area contributed by atoms with Crippen LogP contribution in [0, 0.1) is 5.82 Å². The molecule has 0 saturated heterocycles. The van der Waals surface area contributed by atoms with E-state index in [0.29, 0.717) is 22.9 Å². The molecule has 24 heavy (non-hydrogen) atoms. The minimum Gasteiger partial charge on any atom is -0.495 e. The number of hydrogen-bond acceptors (Lipinski definition) is 6. The summed E-state index contributed by atoms with van der Waals surface area (Å²) in [6.07, 6.45) is 1.45. The van der Waals surface area contributed by atoms with E-state index < -0.39 is 5.82 Å². The predicted molar refractivity (Wildman–Crippen MR) is 90.8 cm³/mol. The molecule has 0 atom stereocenters. The van der Waals surface area contributed by atoms with E-state index in [9.17, 15) is 4.39 Å². The van der Waals surface area contributed by atoms with Crippen molar-refractivity contribution in [2.24, 2.45) is 0 Å². The first-order valence-corrected chi connectivity index (χ1v) is 7.35. The van der Waals surface area contributed by atoms with Gasteiger partial charge in [0.1, 0.15) is 11.6 Å². The Labute approximate surface area is 142 Å². The summed E-state index contributed by atoms with van der Waals surface area (Å²) in [5.41, 5.74) is 1.30. The van der Waals surface area contributed by atoms with Crippen molar-refractivity contribution in [1.82, 2.24) is 15.2 Å². The number of benzene rings is 2. The second-order valence-electron chi connectivity index (χ2n) is 4.74. The van der Waals surface area contributed by atoms with Crippen molar-refractivity contribution in [2.45, 2.75) is 0 Å². The number of methoxy groups -OCH3 is 1. The largest absolute Gasteiger partial charge is 0.495 e. The standard InChI is InChI=1S/C16H13ClFN5O/c1-24-14-5-3-2-4-13(14)21-16-22-15(9-19-23-16)20-10-6-7-12(18)11(17)8-10/h2-9H,1H3,(H2,20,21,22,23). The van der Waals surface area contributed by atoms with Gasteiger partial charge < -0.3 is 15.4 Å². The maximum absolute atomic E-state index is 13.2. The fraction of sp³-hybridized carbons (Fsp3) is 0.0625. The van der Waals surface area contributed by atoms with Crippen LogP contribution in [0.25, 0.3) is 0 Å². The molecule has 3 rings (SSSR count). The fourth-order valence-electron chi connectivity index (χ4n) is 2.01. The third-order valence-electron chi connectivity index (χ3n) is 3.10. The number of nitrogens with one attached hydrogen (secondary N) is 2. The third kappa shape index (κ3) is 3.69. The van der Waals surface area contributed by atoms with Gasteiger partial charge in [0.15, 0.2) is 5.82 Å². The highest BCUT2D eigenvalue weighted by Crippen LogP contribution is 2.26. The molecule has 1 heterocycles. The molecule has 1 aromatic heterocycles. The average Bonchev–Trinajstić information content (AvgIpc) is 2.59. The molecule has 0 aliphatic carbocycles. The van der Waals surface area contributed by atoms with Crippen molar-refractivity contribution >= 4 is 34.7 Å². The van der Waals surface area contributed by atoms with Crippen LogP contribution in [-0.2, 0) is 0 Å². The van der Waals surface area contributed by atoms with Crippen LogP contribution in [0.4, 0.5) is 27.5 Å². The van der Waals surface area contributed by atoms with Crippen molar-refractivity contribution < 1.29 is 9.13 Å². The second-order valence-corrected chi connectivity index (χ2v) is 5.15. The molecule has 0 spiro atoms. The zero-order valence-corrected chi connectivity index (χ0v) is 13.4. The zero-order valence-electron chi connectivity index (χ0n) is 12.6. The van der Waals surface area contributed by atoms with Gasteiger partial charge in [0.2, 0.25) is 5.95 Å². The Kier molecular flexibility index (Phi) is 4.72. The number of ether oxygens (including phenoxy) is 1. The lowest BCUT2D eigenvalue weighted by Crippen LogP contribution is -2.03. The lowest BCUT2D eigenvalue weighted by Gasteiger charge is -2.10. The van der Waals surface area contributed by atoms with Crippen LogP contribution in [-0.4, -0.2) is 22.3 Å². The van der Waals surface area contributed by atoms with Crippen molar-refractivity contribution in [2.75, 3.05) is 17.7 Å². The molecule has 0 amide bonds. The van der Waals surface area contributed by atoms with Gasteiger partial charge in [0.25, 0.3) is 0 Å². The Hall–Kier alpha value is -2.93. The number of rotatable bonds is 5. The Morgan fingerprint density at radius 3 is 2.75 bits per heavy atom. The average molecular weight is 346 g/mol. The number of para-hydroxylation sites is 2. The molecular weight excluding hydrogens is 333 g/mol. The van der Waals surface area contributed by atoms with Gasteiger partial charge in [-0.2, -0.15) is 10.1 Å². The van der Waals surface area contributed by atoms with Crippen LogP contribution in [0.1, 0.15) is 0 Å². The molecule has 0 fully saturated rings. The van der Waals surface area contributed by atoms with Crippen LogP contribution >= 0.6 is 11.6 Å². The maximum Gasteiger partial charge on any atom is 0.249 e. The third-order valence-corrected chi connectivity index (χ3v) is 3.39. The Balaban J connectivity index is 1.80. The summed E-state index contributed by atoms with van der Waals surface area (Å²) in [6, 6.07) is 11.7. The lowest BCUT2D eigenvalue weighted by atomic mass is 10.3. The van der Waals surface area contributed by atoms with Crippen LogP contribution in [0.5, 0.6) is 5.75 Å². The maximum atomic E-state index is 13.2. The van der Waals surface area contributed by atoms with Crippen LogP contribution in [0.15, 0.2) is 48.7 Å². The van der Waals surface area contributed by atoms with Crippen molar-refractivity contribution in [3.63, 3.8) is 0 Å². The van der Waals surface area contributed by atoms with E-state index in [1.54, 1.807) is 13.2 Å². The Morgan fingerprint density at radius 2 is 1.96 bits per heavy atom. The highest BCUT2D eigenvalue weighted by atomic mass is 35.5. The number of halogens is 2. The summed E-state index contributed by atoms with van der Waals surface area (Å²) in [6.45, 7) is 0. The highest BCUT2D eigenvalue weighted by molar-refractivity contribution is 6.31. The molecule has 0 unspecified atom stereocenters. The quantitative estimate of drug-likeness (QED) is 0.723. The van der Waals surface area contributed by atoms with Crippen molar-refractivity contribution in [1.29, 1.82) is 0 Å². The number of nitrogens with zero attached hydrogens (tertiary/aromatic N) is 3. The van der Waals surface area contributed by atoms with Gasteiger partial charge in [-0.25, -0.2) is 4.39 Å². The first kappa shape index (κ1) is 15.9. The van der Waals surface area contributed by atoms with Gasteiger partial charge in [-0.15, -0.1) is 5.10 Å². The van der Waals surface area contributed by atoms with Gasteiger partial charge in [0, 0.05) is 5.69 Å². The van der Waals surface area contributed by atoms with E-state index in [1.807, 2.05) is 24.3 Å². The smallest absolute Gasteiger partial charge is 0.249 e. The van der Waals surface area contributed by atoms with Gasteiger partial charge in [-0.05, 0) is 30.3 Å². The fourth-order valence-corrected chi connectivity index (χ4v) is 2.19. The van der Waals surface area contributed by atoms with Gasteiger partial charge >= 0.3 is 0 Å². The summed E-state index contributed by atoms with van der Waals surface area (Å²) in [5.74, 6) is 0.897. The summed E-state index contributed by atoms with van der Waals surface area (Å²) in [4.78, 5) is 4.30. The molecule has 2 aromatic carbocycles. The normalized spacial score (nSPS) is 10.3. The van der Waals surface area contributed by atoms with E-state index >= 15 is 0 Å². The Bertz CT molecular complexity index is 861. The molecule has 0 aliphatic rings. The first-order chi connectivity index (χ1) is 11.7. The van der Waals surface area contributed by atoms with Crippen molar-refractivity contribution in [3.8, 4) is 5.75 Å². The van der Waals surface area contributed by atoms with E-state index in [2.05, 4.69) is 25.8 Å². The number of anilines is 4. The van der Waals surface area contributed by atoms with E-state index in [-0.39, 0.29) is 11.0 Å². The summed E-state index contributed by atoms with van der Waals surface area (Å²) < 4.78 is 18.5. The molecule has 0 saturated carbocycles. The molecular formula is C16H13ClFN5O. The molecule has 0 radical (unpaired) electrons. The lowest BCUT2D eigenvalue weighted by molar-refractivity contribution is 0.417. The molecule has 0 aliphatic heterocycles. The number of hydrogen-bond donors (Lipinski definition) is 2. The SMILES string of the molecule is COc1ccccc1Nc1nncc(Nc2ccc(F)c(Cl)c2)n1. The van der Waals surface area contributed by atoms with Gasteiger partial charge in [-0.1, -0.05) is 23.7 Å².